The molecule has 3 heterocycles. The molecule has 130 valence electrons. The zero-order valence-electron chi connectivity index (χ0n) is 13.1. The van der Waals surface area contributed by atoms with Crippen LogP contribution in [-0.2, 0) is 0 Å². The number of rotatable bonds is 6. The first kappa shape index (κ1) is 16.2. The van der Waals surface area contributed by atoms with E-state index in [2.05, 4.69) is 40.9 Å². The highest BCUT2D eigenvalue weighted by Gasteiger charge is 2.10. The summed E-state index contributed by atoms with van der Waals surface area (Å²) in [5.74, 6) is 1.21. The topological polar surface area (TPSA) is 121 Å². The van der Waals surface area contributed by atoms with Crippen molar-refractivity contribution in [2.24, 2.45) is 0 Å². The Labute approximate surface area is 155 Å². The summed E-state index contributed by atoms with van der Waals surface area (Å²) in [6, 6.07) is 6.60. The van der Waals surface area contributed by atoms with Crippen LogP contribution in [0.15, 0.2) is 47.4 Å². The molecule has 11 heteroatoms. The molecule has 0 saturated heterocycles. The number of phenolic OH excluding ortho intramolecular Hbond substituents is 1. The molecule has 0 radical (unpaired) electrons. The third-order valence-corrected chi connectivity index (χ3v) is 4.44. The van der Waals surface area contributed by atoms with Gasteiger partial charge in [0, 0.05) is 28.8 Å². The van der Waals surface area contributed by atoms with Gasteiger partial charge in [0.1, 0.15) is 5.75 Å². The minimum atomic E-state index is 0.184. The minimum Gasteiger partial charge on any atom is -0.508 e. The fraction of sp³-hybridized carbons (Fsp3) is 0. The van der Waals surface area contributed by atoms with E-state index in [1.165, 1.54) is 22.7 Å². The molecule has 0 saturated carbocycles. The molecule has 0 aliphatic carbocycles. The molecule has 0 fully saturated rings. The molecule has 0 aliphatic rings. The van der Waals surface area contributed by atoms with Crippen LogP contribution >= 0.6 is 22.7 Å². The highest BCUT2D eigenvalue weighted by Crippen LogP contribution is 2.23. The van der Waals surface area contributed by atoms with Crippen molar-refractivity contribution in [3.63, 3.8) is 0 Å². The predicted octanol–water partition coefficient (Wildman–Crippen LogP) is 3.72. The normalized spacial score (nSPS) is 10.5. The molecular formula is C15H12N8OS2. The van der Waals surface area contributed by atoms with Gasteiger partial charge < -0.3 is 10.4 Å². The Kier molecular flexibility index (Phi) is 4.53. The molecule has 9 nitrogen and oxygen atoms in total. The Balaban J connectivity index is 1.63. The maximum atomic E-state index is 9.40. The van der Waals surface area contributed by atoms with Gasteiger partial charge in [0.2, 0.25) is 17.8 Å². The van der Waals surface area contributed by atoms with Crippen LogP contribution in [0.1, 0.15) is 0 Å². The number of aromatic nitrogens is 5. The number of phenols is 1. The van der Waals surface area contributed by atoms with E-state index in [1.807, 2.05) is 10.8 Å². The van der Waals surface area contributed by atoms with Crippen molar-refractivity contribution < 1.29 is 5.11 Å². The molecule has 0 spiro atoms. The zero-order chi connectivity index (χ0) is 17.8. The summed E-state index contributed by atoms with van der Waals surface area (Å²) < 4.78 is 0. The van der Waals surface area contributed by atoms with Crippen LogP contribution in [0, 0.1) is 0 Å². The third kappa shape index (κ3) is 4.02. The van der Waals surface area contributed by atoms with Crippen LogP contribution in [0.4, 0.5) is 33.8 Å². The number of hydrogen-bond acceptors (Lipinski definition) is 11. The van der Waals surface area contributed by atoms with Gasteiger partial charge in [0.05, 0.1) is 0 Å². The van der Waals surface area contributed by atoms with Crippen LogP contribution in [0.2, 0.25) is 0 Å². The minimum absolute atomic E-state index is 0.184. The van der Waals surface area contributed by atoms with E-state index in [1.54, 1.807) is 36.7 Å². The van der Waals surface area contributed by atoms with Gasteiger partial charge >= 0.3 is 0 Å². The molecular weight excluding hydrogens is 372 g/mol. The molecule has 4 N–H and O–H groups in total. The molecule has 4 rings (SSSR count). The van der Waals surface area contributed by atoms with Gasteiger partial charge in [-0.15, -0.1) is 22.7 Å². The van der Waals surface area contributed by atoms with E-state index in [4.69, 9.17) is 0 Å². The highest BCUT2D eigenvalue weighted by molar-refractivity contribution is 7.13. The predicted molar refractivity (Wildman–Crippen MR) is 102 cm³/mol. The first-order valence-electron chi connectivity index (χ1n) is 7.40. The second kappa shape index (κ2) is 7.29. The summed E-state index contributed by atoms with van der Waals surface area (Å²) in [6.45, 7) is 0. The van der Waals surface area contributed by atoms with Gasteiger partial charge in [-0.3, -0.25) is 10.6 Å². The summed E-state index contributed by atoms with van der Waals surface area (Å²) >= 11 is 2.88. The van der Waals surface area contributed by atoms with Gasteiger partial charge in [-0.1, -0.05) is 0 Å². The summed E-state index contributed by atoms with van der Waals surface area (Å²) in [5.41, 5.74) is 0.731. The lowest BCUT2D eigenvalue weighted by Gasteiger charge is -2.09. The lowest BCUT2D eigenvalue weighted by atomic mass is 10.3. The summed E-state index contributed by atoms with van der Waals surface area (Å²) in [4.78, 5) is 21.4. The van der Waals surface area contributed by atoms with Crippen molar-refractivity contribution in [2.75, 3.05) is 16.0 Å². The molecule has 1 aromatic carbocycles. The number of hydrogen-bond donors (Lipinski definition) is 4. The Hall–Kier alpha value is -3.31. The number of benzene rings is 1. The maximum absolute atomic E-state index is 9.40. The van der Waals surface area contributed by atoms with Crippen LogP contribution in [0.25, 0.3) is 0 Å². The van der Waals surface area contributed by atoms with Crippen molar-refractivity contribution in [3.8, 4) is 5.75 Å². The standard InChI is InChI=1S/C15H12N8OS2/c24-10-3-1-9(2-4-10)18-11-19-12(22-14-16-5-7-25-14)21-13(20-11)23-15-17-6-8-26-15/h1-8,24H,(H3,16,17,18,19,20,21,22,23). The SMILES string of the molecule is Oc1ccc(Nc2nc(Nc3nccs3)nc(Nc3nccs3)n2)cc1. The third-order valence-electron chi connectivity index (χ3n) is 3.06. The van der Waals surface area contributed by atoms with E-state index < -0.39 is 0 Å². The molecule has 3 aromatic heterocycles. The van der Waals surface area contributed by atoms with Crippen LogP contribution in [0.5, 0.6) is 5.75 Å². The van der Waals surface area contributed by atoms with E-state index in [0.717, 1.165) is 5.69 Å². The van der Waals surface area contributed by atoms with Crippen LogP contribution in [0.3, 0.4) is 0 Å². The van der Waals surface area contributed by atoms with E-state index in [-0.39, 0.29) is 5.75 Å². The average Bonchev–Trinajstić information content (AvgIpc) is 3.31. The lowest BCUT2D eigenvalue weighted by molar-refractivity contribution is 0.475. The van der Waals surface area contributed by atoms with E-state index in [0.29, 0.717) is 28.1 Å². The number of aromatic hydroxyl groups is 1. The van der Waals surface area contributed by atoms with Gasteiger partial charge in [-0.25, -0.2) is 9.97 Å². The van der Waals surface area contributed by atoms with Crippen LogP contribution in [-0.4, -0.2) is 30.0 Å². The van der Waals surface area contributed by atoms with Gasteiger partial charge in [0.15, 0.2) is 10.3 Å². The lowest BCUT2D eigenvalue weighted by Crippen LogP contribution is -2.07. The monoisotopic (exact) mass is 384 g/mol. The molecule has 26 heavy (non-hydrogen) atoms. The molecule has 4 aromatic rings. The van der Waals surface area contributed by atoms with Crippen LogP contribution < -0.4 is 16.0 Å². The highest BCUT2D eigenvalue weighted by atomic mass is 32.1. The number of nitrogens with one attached hydrogen (secondary N) is 3. The number of anilines is 6. The smallest absolute Gasteiger partial charge is 0.235 e. The molecule has 0 amide bonds. The summed E-state index contributed by atoms with van der Waals surface area (Å²) in [7, 11) is 0. The van der Waals surface area contributed by atoms with Crippen molar-refractivity contribution in [1.82, 2.24) is 24.9 Å². The Morgan fingerprint density at radius 2 is 1.19 bits per heavy atom. The van der Waals surface area contributed by atoms with Crippen molar-refractivity contribution in [3.05, 3.63) is 47.4 Å². The number of nitrogens with zero attached hydrogens (tertiary/aromatic N) is 5. The fourth-order valence-electron chi connectivity index (χ4n) is 1.98. The second-order valence-electron chi connectivity index (χ2n) is 4.90. The maximum Gasteiger partial charge on any atom is 0.235 e. The first-order valence-corrected chi connectivity index (χ1v) is 9.16. The van der Waals surface area contributed by atoms with E-state index >= 15 is 0 Å². The Morgan fingerprint density at radius 3 is 1.65 bits per heavy atom. The van der Waals surface area contributed by atoms with Gasteiger partial charge in [-0.2, -0.15) is 15.0 Å². The van der Waals surface area contributed by atoms with Crippen molar-refractivity contribution >= 4 is 56.5 Å². The average molecular weight is 384 g/mol. The second-order valence-corrected chi connectivity index (χ2v) is 6.69. The Morgan fingerprint density at radius 1 is 0.692 bits per heavy atom. The molecule has 0 unspecified atom stereocenters. The van der Waals surface area contributed by atoms with Gasteiger partial charge in [-0.05, 0) is 24.3 Å². The Bertz CT molecular complexity index is 919. The molecule has 0 bridgehead atoms. The largest absolute Gasteiger partial charge is 0.508 e. The molecule has 0 atom stereocenters. The number of thiazole rings is 2. The van der Waals surface area contributed by atoms with E-state index in [9.17, 15) is 5.11 Å². The first-order chi connectivity index (χ1) is 12.7. The summed E-state index contributed by atoms with van der Waals surface area (Å²) in [5, 5.41) is 23.6. The summed E-state index contributed by atoms with van der Waals surface area (Å²) in [6.07, 6.45) is 3.39. The van der Waals surface area contributed by atoms with Crippen molar-refractivity contribution in [1.29, 1.82) is 0 Å². The van der Waals surface area contributed by atoms with Crippen molar-refractivity contribution in [2.45, 2.75) is 0 Å². The fourth-order valence-corrected chi connectivity index (χ4v) is 3.02. The van der Waals surface area contributed by atoms with Gasteiger partial charge in [0.25, 0.3) is 0 Å². The zero-order valence-corrected chi connectivity index (χ0v) is 14.8. The quantitative estimate of drug-likeness (QED) is 0.368. The molecule has 0 aliphatic heterocycles.